The number of aryl methyl sites for hydroxylation is 1. The third-order valence-corrected chi connectivity index (χ3v) is 4.42. The molecule has 1 aromatic carbocycles. The molecule has 0 aliphatic rings. The molecule has 0 heterocycles. The average Bonchev–Trinajstić information content (AvgIpc) is 2.40. The van der Waals surface area contributed by atoms with E-state index in [1.54, 1.807) is 25.1 Å². The van der Waals surface area contributed by atoms with Crippen LogP contribution in [0.4, 0.5) is 5.69 Å². The summed E-state index contributed by atoms with van der Waals surface area (Å²) in [4.78, 5) is 10.7. The molecule has 0 unspecified atom stereocenters. The minimum Gasteiger partial charge on any atom is -0.486 e. The van der Waals surface area contributed by atoms with Crippen LogP contribution in [0, 0.1) is 22.5 Å². The Morgan fingerprint density at radius 3 is 2.47 bits per heavy atom. The molecule has 0 saturated heterocycles. The molecule has 106 valence electrons. The average molecular weight is 283 g/mol. The van der Waals surface area contributed by atoms with Gasteiger partial charge in [0.05, 0.1) is 11.5 Å². The second kappa shape index (κ2) is 6.80. The van der Waals surface area contributed by atoms with Gasteiger partial charge in [0, 0.05) is 11.0 Å². The van der Waals surface area contributed by atoms with Crippen LogP contribution in [0.5, 0.6) is 5.75 Å². The fraction of sp³-hybridized carbons (Fsp3) is 0.571. The van der Waals surface area contributed by atoms with Gasteiger partial charge in [-0.2, -0.15) is 12.6 Å². The topological polar surface area (TPSA) is 52.4 Å². The molecule has 0 saturated carbocycles. The number of para-hydroxylation sites is 1. The molecule has 1 rings (SSSR count). The van der Waals surface area contributed by atoms with Crippen molar-refractivity contribution in [2.45, 2.75) is 33.6 Å². The maximum Gasteiger partial charge on any atom is 0.313 e. The number of nitro benzene ring substituents is 1. The monoisotopic (exact) mass is 283 g/mol. The molecule has 0 atom stereocenters. The first-order valence-corrected chi connectivity index (χ1v) is 7.10. The first kappa shape index (κ1) is 15.8. The molecule has 0 spiro atoms. The van der Waals surface area contributed by atoms with E-state index in [2.05, 4.69) is 26.5 Å². The second-order valence-electron chi connectivity index (χ2n) is 4.83. The summed E-state index contributed by atoms with van der Waals surface area (Å²) in [5.41, 5.74) is 0.649. The van der Waals surface area contributed by atoms with E-state index >= 15 is 0 Å². The first-order valence-electron chi connectivity index (χ1n) is 6.47. The van der Waals surface area contributed by atoms with Gasteiger partial charge < -0.3 is 4.74 Å². The maximum absolute atomic E-state index is 11.1. The molecule has 0 bridgehead atoms. The van der Waals surface area contributed by atoms with Crippen molar-refractivity contribution in [3.8, 4) is 5.75 Å². The molecule has 0 N–H and O–H groups in total. The Kier molecular flexibility index (Phi) is 5.66. The molecular weight excluding hydrogens is 262 g/mol. The minimum atomic E-state index is -0.384. The van der Waals surface area contributed by atoms with E-state index in [9.17, 15) is 10.1 Å². The molecule has 4 nitrogen and oxygen atoms in total. The van der Waals surface area contributed by atoms with Crippen LogP contribution in [0.1, 0.15) is 32.3 Å². The lowest BCUT2D eigenvalue weighted by Crippen LogP contribution is -2.29. The molecule has 0 amide bonds. The number of benzene rings is 1. The van der Waals surface area contributed by atoms with Crippen molar-refractivity contribution in [1.29, 1.82) is 0 Å². The highest BCUT2D eigenvalue weighted by atomic mass is 32.1. The fourth-order valence-electron chi connectivity index (χ4n) is 1.94. The standard InChI is InChI=1S/C14H21NO3S/c1-4-14(5-2,10-19)9-18-12-8-6-7-11(3)13(12)15(16)17/h6-8,19H,4-5,9-10H2,1-3H3. The lowest BCUT2D eigenvalue weighted by Gasteiger charge is -2.29. The Bertz CT molecular complexity index is 436. The van der Waals surface area contributed by atoms with Crippen LogP contribution in [-0.2, 0) is 0 Å². The van der Waals surface area contributed by atoms with Crippen molar-refractivity contribution in [1.82, 2.24) is 0 Å². The van der Waals surface area contributed by atoms with Gasteiger partial charge in [0.15, 0.2) is 5.75 Å². The van der Waals surface area contributed by atoms with Gasteiger partial charge in [0.25, 0.3) is 0 Å². The highest BCUT2D eigenvalue weighted by molar-refractivity contribution is 7.80. The SMILES string of the molecule is CCC(CC)(CS)COc1cccc(C)c1[N+](=O)[O-]. The number of rotatable bonds is 7. The zero-order chi connectivity index (χ0) is 14.5. The molecule has 0 fully saturated rings. The van der Waals surface area contributed by atoms with Gasteiger partial charge in [-0.25, -0.2) is 0 Å². The van der Waals surface area contributed by atoms with Crippen LogP contribution in [0.25, 0.3) is 0 Å². The zero-order valence-electron chi connectivity index (χ0n) is 11.7. The molecule has 1 aromatic rings. The van der Waals surface area contributed by atoms with Crippen molar-refractivity contribution in [3.63, 3.8) is 0 Å². The fourth-order valence-corrected chi connectivity index (χ4v) is 2.48. The molecular formula is C14H21NO3S. The van der Waals surface area contributed by atoms with Gasteiger partial charge in [0.1, 0.15) is 0 Å². The lowest BCUT2D eigenvalue weighted by molar-refractivity contribution is -0.386. The predicted molar refractivity (Wildman–Crippen MR) is 80.2 cm³/mol. The van der Waals surface area contributed by atoms with Crippen LogP contribution < -0.4 is 4.74 Å². The van der Waals surface area contributed by atoms with E-state index in [0.29, 0.717) is 23.7 Å². The molecule has 5 heteroatoms. The molecule has 0 aliphatic heterocycles. The smallest absolute Gasteiger partial charge is 0.313 e. The third-order valence-electron chi connectivity index (χ3n) is 3.75. The van der Waals surface area contributed by atoms with Crippen molar-refractivity contribution in [3.05, 3.63) is 33.9 Å². The normalized spacial score (nSPS) is 11.4. The highest BCUT2D eigenvalue weighted by Crippen LogP contribution is 2.34. The van der Waals surface area contributed by atoms with Gasteiger partial charge in [-0.1, -0.05) is 26.0 Å². The maximum atomic E-state index is 11.1. The molecule has 0 aromatic heterocycles. The Balaban J connectivity index is 2.95. The third kappa shape index (κ3) is 3.62. The van der Waals surface area contributed by atoms with Crippen LogP contribution in [0.15, 0.2) is 18.2 Å². The number of ether oxygens (including phenoxy) is 1. The summed E-state index contributed by atoms with van der Waals surface area (Å²) in [5, 5.41) is 11.1. The number of hydrogen-bond donors (Lipinski definition) is 1. The highest BCUT2D eigenvalue weighted by Gasteiger charge is 2.27. The summed E-state index contributed by atoms with van der Waals surface area (Å²) in [6, 6.07) is 5.15. The summed E-state index contributed by atoms with van der Waals surface area (Å²) in [6.07, 6.45) is 1.87. The summed E-state index contributed by atoms with van der Waals surface area (Å²) in [7, 11) is 0. The summed E-state index contributed by atoms with van der Waals surface area (Å²) < 4.78 is 5.73. The number of nitro groups is 1. The summed E-state index contributed by atoms with van der Waals surface area (Å²) >= 11 is 4.38. The lowest BCUT2D eigenvalue weighted by atomic mass is 9.85. The Morgan fingerprint density at radius 2 is 2.00 bits per heavy atom. The Labute approximate surface area is 119 Å². The number of nitrogens with zero attached hydrogens (tertiary/aromatic N) is 1. The number of thiol groups is 1. The van der Waals surface area contributed by atoms with Gasteiger partial charge in [0.2, 0.25) is 0 Å². The molecule has 19 heavy (non-hydrogen) atoms. The van der Waals surface area contributed by atoms with Crippen LogP contribution in [-0.4, -0.2) is 17.3 Å². The van der Waals surface area contributed by atoms with E-state index < -0.39 is 0 Å². The van der Waals surface area contributed by atoms with E-state index in [1.807, 2.05) is 0 Å². The Hall–Kier alpha value is -1.23. The van der Waals surface area contributed by atoms with Crippen molar-refractivity contribution >= 4 is 18.3 Å². The minimum absolute atomic E-state index is 0.0271. The van der Waals surface area contributed by atoms with Crippen LogP contribution >= 0.6 is 12.6 Å². The predicted octanol–water partition coefficient (Wildman–Crippen LogP) is 4.02. The van der Waals surface area contributed by atoms with E-state index in [4.69, 9.17) is 4.74 Å². The first-order chi connectivity index (χ1) is 8.99. The van der Waals surface area contributed by atoms with Gasteiger partial charge >= 0.3 is 5.69 Å². The van der Waals surface area contributed by atoms with Crippen LogP contribution in [0.3, 0.4) is 0 Å². The van der Waals surface area contributed by atoms with E-state index in [0.717, 1.165) is 12.8 Å². The van der Waals surface area contributed by atoms with Crippen molar-refractivity contribution < 1.29 is 9.66 Å². The molecule has 0 aliphatic carbocycles. The van der Waals surface area contributed by atoms with E-state index in [-0.39, 0.29) is 16.0 Å². The largest absolute Gasteiger partial charge is 0.486 e. The quantitative estimate of drug-likeness (QED) is 0.467. The van der Waals surface area contributed by atoms with Gasteiger partial charge in [-0.3, -0.25) is 10.1 Å². The second-order valence-corrected chi connectivity index (χ2v) is 5.15. The summed E-state index contributed by atoms with van der Waals surface area (Å²) in [5.74, 6) is 1.05. The van der Waals surface area contributed by atoms with Crippen molar-refractivity contribution in [2.24, 2.45) is 5.41 Å². The number of hydrogen-bond acceptors (Lipinski definition) is 4. The Morgan fingerprint density at radius 1 is 1.37 bits per heavy atom. The van der Waals surface area contributed by atoms with Crippen LogP contribution in [0.2, 0.25) is 0 Å². The van der Waals surface area contributed by atoms with Gasteiger partial charge in [-0.15, -0.1) is 0 Å². The van der Waals surface area contributed by atoms with E-state index in [1.165, 1.54) is 0 Å². The zero-order valence-corrected chi connectivity index (χ0v) is 12.6. The molecule has 0 radical (unpaired) electrons. The van der Waals surface area contributed by atoms with Crippen molar-refractivity contribution in [2.75, 3.05) is 12.4 Å². The summed E-state index contributed by atoms with van der Waals surface area (Å²) in [6.45, 7) is 6.35. The van der Waals surface area contributed by atoms with Gasteiger partial charge in [-0.05, 0) is 31.6 Å².